The highest BCUT2D eigenvalue weighted by Crippen LogP contribution is 2.21. The Balaban J connectivity index is 2.98. The van der Waals surface area contributed by atoms with Gasteiger partial charge in [-0.2, -0.15) is 0 Å². The molecule has 0 aliphatic rings. The minimum absolute atomic E-state index is 0.318. The molecule has 0 aliphatic carbocycles. The first-order valence-corrected chi connectivity index (χ1v) is 6.80. The zero-order valence-corrected chi connectivity index (χ0v) is 12.4. The largest absolute Gasteiger partial charge is 0.369 e. The third-order valence-corrected chi connectivity index (χ3v) is 3.46. The summed E-state index contributed by atoms with van der Waals surface area (Å²) in [6.07, 6.45) is 0. The van der Waals surface area contributed by atoms with Crippen molar-refractivity contribution in [3.05, 3.63) is 29.8 Å². The average Bonchev–Trinajstić information content (AvgIpc) is 2.37. The smallest absolute Gasteiger partial charge is 0.239 e. The fraction of sp³-hybridized carbons (Fsp3) is 0.533. The molecule has 0 spiro atoms. The molecule has 0 aromatic heterocycles. The third kappa shape index (κ3) is 3.70. The molecule has 1 amide bonds. The normalized spacial score (nSPS) is 13.9. The number of amides is 1. The van der Waals surface area contributed by atoms with Crippen molar-refractivity contribution in [1.29, 1.82) is 0 Å². The molecular weight excluding hydrogens is 238 g/mol. The Labute approximate surface area is 116 Å². The Hall–Kier alpha value is -1.55. The van der Waals surface area contributed by atoms with Gasteiger partial charge in [0.25, 0.3) is 0 Å². The lowest BCUT2D eigenvalue weighted by Crippen LogP contribution is -2.59. The summed E-state index contributed by atoms with van der Waals surface area (Å²) in [6, 6.07) is 8.18. The van der Waals surface area contributed by atoms with Crippen LogP contribution in [0.4, 0.5) is 5.69 Å². The van der Waals surface area contributed by atoms with Gasteiger partial charge >= 0.3 is 0 Å². The molecule has 1 rings (SSSR count). The number of nitrogens with one attached hydrogen (secondary N) is 1. The first-order valence-electron chi connectivity index (χ1n) is 6.80. The molecule has 1 aromatic carbocycles. The molecule has 4 heteroatoms. The van der Waals surface area contributed by atoms with Crippen molar-refractivity contribution in [1.82, 2.24) is 5.32 Å². The Morgan fingerprint density at radius 3 is 2.47 bits per heavy atom. The molecule has 3 N–H and O–H groups in total. The number of primary amides is 1. The van der Waals surface area contributed by atoms with Gasteiger partial charge in [-0.3, -0.25) is 4.79 Å². The van der Waals surface area contributed by atoms with Crippen LogP contribution in [0.1, 0.15) is 26.3 Å². The van der Waals surface area contributed by atoms with Gasteiger partial charge in [0, 0.05) is 18.8 Å². The fourth-order valence-electron chi connectivity index (χ4n) is 2.28. The van der Waals surface area contributed by atoms with E-state index in [9.17, 15) is 4.79 Å². The van der Waals surface area contributed by atoms with E-state index >= 15 is 0 Å². The number of carbonyl (C=O) groups is 1. The SMILES string of the molecule is CCNC(C)(CN(CC)c1ccccc1C)C(N)=O. The van der Waals surface area contributed by atoms with E-state index in [1.807, 2.05) is 26.0 Å². The zero-order chi connectivity index (χ0) is 14.5. The Kier molecular flexibility index (Phi) is 5.36. The highest BCUT2D eigenvalue weighted by molar-refractivity contribution is 5.85. The van der Waals surface area contributed by atoms with Crippen LogP contribution < -0.4 is 16.0 Å². The Morgan fingerprint density at radius 2 is 2.00 bits per heavy atom. The number of likely N-dealkylation sites (N-methyl/N-ethyl adjacent to an activating group) is 2. The van der Waals surface area contributed by atoms with E-state index in [-0.39, 0.29) is 5.91 Å². The summed E-state index contributed by atoms with van der Waals surface area (Å²) in [5.74, 6) is -0.318. The van der Waals surface area contributed by atoms with Gasteiger partial charge in [-0.05, 0) is 38.9 Å². The maximum atomic E-state index is 11.7. The number of anilines is 1. The summed E-state index contributed by atoms with van der Waals surface area (Å²) in [7, 11) is 0. The number of aryl methyl sites for hydroxylation is 1. The van der Waals surface area contributed by atoms with Gasteiger partial charge in [-0.15, -0.1) is 0 Å². The van der Waals surface area contributed by atoms with Crippen molar-refractivity contribution in [3.63, 3.8) is 0 Å². The summed E-state index contributed by atoms with van der Waals surface area (Å²) in [5.41, 5.74) is 7.18. The van der Waals surface area contributed by atoms with Crippen molar-refractivity contribution in [2.45, 2.75) is 33.2 Å². The fourth-order valence-corrected chi connectivity index (χ4v) is 2.28. The maximum absolute atomic E-state index is 11.7. The molecule has 0 heterocycles. The molecule has 0 fully saturated rings. The number of benzene rings is 1. The summed E-state index contributed by atoms with van der Waals surface area (Å²) in [4.78, 5) is 13.9. The molecule has 0 saturated carbocycles. The number of hydrogen-bond acceptors (Lipinski definition) is 3. The second-order valence-corrected chi connectivity index (χ2v) is 5.03. The van der Waals surface area contributed by atoms with Crippen molar-refractivity contribution < 1.29 is 4.79 Å². The van der Waals surface area contributed by atoms with E-state index in [0.29, 0.717) is 13.1 Å². The Morgan fingerprint density at radius 1 is 1.37 bits per heavy atom. The number of carbonyl (C=O) groups excluding carboxylic acids is 1. The van der Waals surface area contributed by atoms with Crippen LogP contribution in [-0.2, 0) is 4.79 Å². The topological polar surface area (TPSA) is 58.4 Å². The molecule has 1 atom stereocenters. The van der Waals surface area contributed by atoms with Gasteiger partial charge in [0.15, 0.2) is 0 Å². The van der Waals surface area contributed by atoms with E-state index in [1.54, 1.807) is 0 Å². The van der Waals surface area contributed by atoms with Crippen molar-refractivity contribution in [3.8, 4) is 0 Å². The van der Waals surface area contributed by atoms with E-state index in [4.69, 9.17) is 5.73 Å². The first-order chi connectivity index (χ1) is 8.94. The van der Waals surface area contributed by atoms with Crippen molar-refractivity contribution >= 4 is 11.6 Å². The van der Waals surface area contributed by atoms with Crippen LogP contribution in [0.5, 0.6) is 0 Å². The number of hydrogen-bond donors (Lipinski definition) is 2. The highest BCUT2D eigenvalue weighted by Gasteiger charge is 2.32. The summed E-state index contributed by atoms with van der Waals surface area (Å²) in [6.45, 7) is 10.1. The van der Waals surface area contributed by atoms with Crippen LogP contribution in [-0.4, -0.2) is 31.1 Å². The zero-order valence-electron chi connectivity index (χ0n) is 12.4. The molecule has 0 radical (unpaired) electrons. The molecule has 106 valence electrons. The number of para-hydroxylation sites is 1. The Bertz CT molecular complexity index is 433. The molecule has 1 aromatic rings. The second-order valence-electron chi connectivity index (χ2n) is 5.03. The van der Waals surface area contributed by atoms with Crippen LogP contribution in [0.15, 0.2) is 24.3 Å². The number of rotatable bonds is 7. The molecule has 0 bridgehead atoms. The van der Waals surface area contributed by atoms with E-state index in [0.717, 1.165) is 12.2 Å². The average molecular weight is 263 g/mol. The van der Waals surface area contributed by atoms with Crippen LogP contribution in [0.3, 0.4) is 0 Å². The summed E-state index contributed by atoms with van der Waals surface area (Å²) < 4.78 is 0. The lowest BCUT2D eigenvalue weighted by molar-refractivity contribution is -0.123. The van der Waals surface area contributed by atoms with Crippen LogP contribution in [0, 0.1) is 6.92 Å². The van der Waals surface area contributed by atoms with Crippen LogP contribution in [0.25, 0.3) is 0 Å². The van der Waals surface area contributed by atoms with Gasteiger partial charge in [-0.25, -0.2) is 0 Å². The van der Waals surface area contributed by atoms with Gasteiger partial charge in [0.2, 0.25) is 5.91 Å². The van der Waals surface area contributed by atoms with Gasteiger partial charge in [0.05, 0.1) is 0 Å². The van der Waals surface area contributed by atoms with Crippen LogP contribution >= 0.6 is 0 Å². The van der Waals surface area contributed by atoms with E-state index in [2.05, 4.69) is 36.2 Å². The van der Waals surface area contributed by atoms with E-state index in [1.165, 1.54) is 5.56 Å². The van der Waals surface area contributed by atoms with E-state index < -0.39 is 5.54 Å². The molecule has 4 nitrogen and oxygen atoms in total. The minimum atomic E-state index is -0.715. The van der Waals surface area contributed by atoms with Gasteiger partial charge < -0.3 is 16.0 Å². The van der Waals surface area contributed by atoms with Crippen LogP contribution in [0.2, 0.25) is 0 Å². The quantitative estimate of drug-likeness (QED) is 0.787. The lowest BCUT2D eigenvalue weighted by atomic mass is 9.99. The van der Waals surface area contributed by atoms with Crippen molar-refractivity contribution in [2.75, 3.05) is 24.5 Å². The highest BCUT2D eigenvalue weighted by atomic mass is 16.1. The number of nitrogens with zero attached hydrogens (tertiary/aromatic N) is 1. The molecule has 0 saturated heterocycles. The predicted octanol–water partition coefficient (Wildman–Crippen LogP) is 1.67. The lowest BCUT2D eigenvalue weighted by Gasteiger charge is -2.35. The monoisotopic (exact) mass is 263 g/mol. The van der Waals surface area contributed by atoms with Gasteiger partial charge in [0.1, 0.15) is 5.54 Å². The molecular formula is C15H25N3O. The third-order valence-electron chi connectivity index (χ3n) is 3.46. The molecule has 19 heavy (non-hydrogen) atoms. The number of nitrogens with two attached hydrogens (primary N) is 1. The minimum Gasteiger partial charge on any atom is -0.369 e. The first kappa shape index (κ1) is 15.5. The standard InChI is InChI=1S/C15H25N3O/c1-5-17-15(4,14(16)19)11-18(6-2)13-10-8-7-9-12(13)3/h7-10,17H,5-6,11H2,1-4H3,(H2,16,19). The molecule has 1 unspecified atom stereocenters. The predicted molar refractivity (Wildman–Crippen MR) is 80.3 cm³/mol. The maximum Gasteiger partial charge on any atom is 0.239 e. The van der Waals surface area contributed by atoms with Crippen molar-refractivity contribution in [2.24, 2.45) is 5.73 Å². The summed E-state index contributed by atoms with van der Waals surface area (Å²) in [5, 5.41) is 3.20. The molecule has 0 aliphatic heterocycles. The second kappa shape index (κ2) is 6.57. The van der Waals surface area contributed by atoms with Gasteiger partial charge in [-0.1, -0.05) is 25.1 Å². The summed E-state index contributed by atoms with van der Waals surface area (Å²) >= 11 is 0.